The van der Waals surface area contributed by atoms with Gasteiger partial charge in [-0.3, -0.25) is 5.10 Å². The number of nitrogens with one attached hydrogen (secondary N) is 2. The Morgan fingerprint density at radius 3 is 3.10 bits per heavy atom. The standard InChI is InChI=1S/C14H15N5O/c1-9-3-2-4-10(5-9)12(20)7-15-13-11-6-18-19-14(11)17-8-16-13/h2-6,8,12,20H,7H2,1H3,(H2,15,16,17,18,19). The number of hydrogen-bond acceptors (Lipinski definition) is 5. The van der Waals surface area contributed by atoms with E-state index < -0.39 is 6.10 Å². The number of hydrogen-bond donors (Lipinski definition) is 3. The topological polar surface area (TPSA) is 86.7 Å². The molecule has 0 saturated heterocycles. The SMILES string of the molecule is Cc1cccc(C(O)CNc2ncnc3[nH]ncc23)c1. The summed E-state index contributed by atoms with van der Waals surface area (Å²) in [4.78, 5) is 8.24. The first-order valence-corrected chi connectivity index (χ1v) is 6.36. The molecule has 1 atom stereocenters. The second kappa shape index (κ2) is 5.26. The Morgan fingerprint density at radius 2 is 2.25 bits per heavy atom. The molecular weight excluding hydrogens is 254 g/mol. The van der Waals surface area contributed by atoms with Crippen LogP contribution < -0.4 is 5.32 Å². The van der Waals surface area contributed by atoms with Crippen molar-refractivity contribution in [1.29, 1.82) is 0 Å². The number of benzene rings is 1. The molecule has 0 aliphatic carbocycles. The van der Waals surface area contributed by atoms with Crippen LogP contribution >= 0.6 is 0 Å². The molecule has 6 heteroatoms. The van der Waals surface area contributed by atoms with Crippen LogP contribution in [0.4, 0.5) is 5.82 Å². The fourth-order valence-corrected chi connectivity index (χ4v) is 2.09. The minimum atomic E-state index is -0.591. The first kappa shape index (κ1) is 12.6. The van der Waals surface area contributed by atoms with Crippen LogP contribution in [0, 0.1) is 6.92 Å². The van der Waals surface area contributed by atoms with Gasteiger partial charge in [0.2, 0.25) is 0 Å². The van der Waals surface area contributed by atoms with Crippen molar-refractivity contribution in [3.05, 3.63) is 47.9 Å². The Morgan fingerprint density at radius 1 is 1.35 bits per heavy atom. The molecule has 6 nitrogen and oxygen atoms in total. The minimum absolute atomic E-state index is 0.376. The predicted molar refractivity (Wildman–Crippen MR) is 76.3 cm³/mol. The van der Waals surface area contributed by atoms with Crippen LogP contribution in [-0.4, -0.2) is 31.8 Å². The Hall–Kier alpha value is -2.47. The first-order valence-electron chi connectivity index (χ1n) is 6.36. The van der Waals surface area contributed by atoms with Gasteiger partial charge in [-0.1, -0.05) is 29.8 Å². The van der Waals surface area contributed by atoms with Crippen LogP contribution in [0.25, 0.3) is 11.0 Å². The molecular formula is C14H15N5O. The van der Waals surface area contributed by atoms with Gasteiger partial charge >= 0.3 is 0 Å². The number of aromatic amines is 1. The Balaban J connectivity index is 1.74. The van der Waals surface area contributed by atoms with Gasteiger partial charge < -0.3 is 10.4 Å². The van der Waals surface area contributed by atoms with Crippen molar-refractivity contribution in [2.24, 2.45) is 0 Å². The highest BCUT2D eigenvalue weighted by Crippen LogP contribution is 2.19. The van der Waals surface area contributed by atoms with E-state index >= 15 is 0 Å². The van der Waals surface area contributed by atoms with Crippen molar-refractivity contribution in [3.8, 4) is 0 Å². The molecule has 0 spiro atoms. The summed E-state index contributed by atoms with van der Waals surface area (Å²) >= 11 is 0. The Kier molecular flexibility index (Phi) is 3.30. The monoisotopic (exact) mass is 269 g/mol. The van der Waals surface area contributed by atoms with Gasteiger partial charge in [0.15, 0.2) is 5.65 Å². The van der Waals surface area contributed by atoms with Crippen molar-refractivity contribution >= 4 is 16.9 Å². The maximum atomic E-state index is 10.2. The molecule has 0 amide bonds. The predicted octanol–water partition coefficient (Wildman–Crippen LogP) is 1.81. The highest BCUT2D eigenvalue weighted by atomic mass is 16.3. The number of nitrogens with zero attached hydrogens (tertiary/aromatic N) is 3. The lowest BCUT2D eigenvalue weighted by atomic mass is 10.1. The average Bonchev–Trinajstić information content (AvgIpc) is 2.93. The molecule has 3 rings (SSSR count). The maximum absolute atomic E-state index is 10.2. The minimum Gasteiger partial charge on any atom is -0.387 e. The van der Waals surface area contributed by atoms with E-state index in [9.17, 15) is 5.11 Å². The van der Waals surface area contributed by atoms with E-state index in [1.54, 1.807) is 6.20 Å². The fraction of sp³-hybridized carbons (Fsp3) is 0.214. The lowest BCUT2D eigenvalue weighted by Crippen LogP contribution is -2.13. The van der Waals surface area contributed by atoms with Gasteiger partial charge in [-0.25, -0.2) is 9.97 Å². The zero-order valence-electron chi connectivity index (χ0n) is 11.0. The normalized spacial score (nSPS) is 12.5. The number of aromatic nitrogens is 4. The van der Waals surface area contributed by atoms with Crippen LogP contribution in [0.1, 0.15) is 17.2 Å². The fourth-order valence-electron chi connectivity index (χ4n) is 2.09. The third kappa shape index (κ3) is 2.46. The molecule has 0 aliphatic rings. The molecule has 0 fully saturated rings. The van der Waals surface area contributed by atoms with Gasteiger partial charge in [-0.2, -0.15) is 5.10 Å². The summed E-state index contributed by atoms with van der Waals surface area (Å²) in [6.45, 7) is 2.38. The summed E-state index contributed by atoms with van der Waals surface area (Å²) in [5.74, 6) is 0.662. The average molecular weight is 269 g/mol. The molecule has 0 radical (unpaired) electrons. The van der Waals surface area contributed by atoms with Crippen molar-refractivity contribution in [1.82, 2.24) is 20.2 Å². The summed E-state index contributed by atoms with van der Waals surface area (Å²) in [7, 11) is 0. The van der Waals surface area contributed by atoms with Gasteiger partial charge in [0, 0.05) is 6.54 Å². The molecule has 0 saturated carbocycles. The Bertz CT molecular complexity index is 724. The Labute approximate surface area is 115 Å². The van der Waals surface area contributed by atoms with E-state index in [0.29, 0.717) is 18.0 Å². The van der Waals surface area contributed by atoms with E-state index in [2.05, 4.69) is 25.5 Å². The summed E-state index contributed by atoms with van der Waals surface area (Å²) in [6, 6.07) is 7.82. The quantitative estimate of drug-likeness (QED) is 0.672. The van der Waals surface area contributed by atoms with Gasteiger partial charge in [0.25, 0.3) is 0 Å². The van der Waals surface area contributed by atoms with E-state index in [0.717, 1.165) is 16.5 Å². The molecule has 2 aromatic heterocycles. The smallest absolute Gasteiger partial charge is 0.160 e. The van der Waals surface area contributed by atoms with Crippen molar-refractivity contribution in [2.75, 3.05) is 11.9 Å². The number of anilines is 1. The van der Waals surface area contributed by atoms with E-state index in [-0.39, 0.29) is 0 Å². The van der Waals surface area contributed by atoms with Gasteiger partial charge in [-0.05, 0) is 12.5 Å². The van der Waals surface area contributed by atoms with Gasteiger partial charge in [0.1, 0.15) is 12.1 Å². The van der Waals surface area contributed by atoms with Crippen LogP contribution in [-0.2, 0) is 0 Å². The largest absolute Gasteiger partial charge is 0.387 e. The van der Waals surface area contributed by atoms with Crippen LogP contribution in [0.2, 0.25) is 0 Å². The zero-order valence-corrected chi connectivity index (χ0v) is 11.0. The van der Waals surface area contributed by atoms with Crippen LogP contribution in [0.5, 0.6) is 0 Å². The molecule has 1 aromatic carbocycles. The summed E-state index contributed by atoms with van der Waals surface area (Å²) in [5, 5.41) is 20.9. The zero-order chi connectivity index (χ0) is 13.9. The van der Waals surface area contributed by atoms with E-state index in [1.165, 1.54) is 6.33 Å². The van der Waals surface area contributed by atoms with Crippen LogP contribution in [0.3, 0.4) is 0 Å². The van der Waals surface area contributed by atoms with Crippen molar-refractivity contribution < 1.29 is 5.11 Å². The second-order valence-electron chi connectivity index (χ2n) is 4.67. The van der Waals surface area contributed by atoms with Crippen molar-refractivity contribution in [3.63, 3.8) is 0 Å². The molecule has 0 bridgehead atoms. The second-order valence-corrected chi connectivity index (χ2v) is 4.67. The lowest BCUT2D eigenvalue weighted by molar-refractivity contribution is 0.191. The molecule has 20 heavy (non-hydrogen) atoms. The highest BCUT2D eigenvalue weighted by molar-refractivity contribution is 5.85. The maximum Gasteiger partial charge on any atom is 0.160 e. The molecule has 3 aromatic rings. The van der Waals surface area contributed by atoms with Crippen molar-refractivity contribution in [2.45, 2.75) is 13.0 Å². The van der Waals surface area contributed by atoms with Crippen LogP contribution in [0.15, 0.2) is 36.8 Å². The van der Waals surface area contributed by atoms with Gasteiger partial charge in [-0.15, -0.1) is 0 Å². The molecule has 0 aliphatic heterocycles. The number of aryl methyl sites for hydroxylation is 1. The number of H-pyrrole nitrogens is 1. The third-order valence-corrected chi connectivity index (χ3v) is 3.14. The lowest BCUT2D eigenvalue weighted by Gasteiger charge is -2.13. The summed E-state index contributed by atoms with van der Waals surface area (Å²) in [6.07, 6.45) is 2.53. The number of rotatable bonds is 4. The first-order chi connectivity index (χ1) is 9.74. The molecule has 2 heterocycles. The third-order valence-electron chi connectivity index (χ3n) is 3.14. The number of fused-ring (bicyclic) bond motifs is 1. The number of aliphatic hydroxyl groups excluding tert-OH is 1. The molecule has 102 valence electrons. The molecule has 3 N–H and O–H groups in total. The summed E-state index contributed by atoms with van der Waals surface area (Å²) in [5.41, 5.74) is 2.68. The summed E-state index contributed by atoms with van der Waals surface area (Å²) < 4.78 is 0. The van der Waals surface area contributed by atoms with E-state index in [4.69, 9.17) is 0 Å². The highest BCUT2D eigenvalue weighted by Gasteiger charge is 2.10. The molecule has 1 unspecified atom stereocenters. The number of aliphatic hydroxyl groups is 1. The van der Waals surface area contributed by atoms with Gasteiger partial charge in [0.05, 0.1) is 17.7 Å². The van der Waals surface area contributed by atoms with E-state index in [1.807, 2.05) is 31.2 Å².